The Labute approximate surface area is 184 Å². The third-order valence-corrected chi connectivity index (χ3v) is 9.04. The van der Waals surface area contributed by atoms with Crippen molar-refractivity contribution in [3.05, 3.63) is 59.7 Å². The van der Waals surface area contributed by atoms with Crippen LogP contribution in [0.1, 0.15) is 11.1 Å². The Balaban J connectivity index is 1.43. The first-order valence-corrected chi connectivity index (χ1v) is 12.6. The molecule has 31 heavy (non-hydrogen) atoms. The van der Waals surface area contributed by atoms with E-state index in [9.17, 15) is 9.11 Å². The third-order valence-electron chi connectivity index (χ3n) is 7.19. The number of aryl methyl sites for hydroxylation is 1. The largest absolute Gasteiger partial charge is 0.370 e. The van der Waals surface area contributed by atoms with Crippen LogP contribution in [0.5, 0.6) is 0 Å². The minimum atomic E-state index is -2.79. The van der Waals surface area contributed by atoms with Crippen molar-refractivity contribution < 1.29 is 9.11 Å². The first-order valence-electron chi connectivity index (χ1n) is 10.9. The predicted octanol–water partition coefficient (Wildman–Crippen LogP) is 4.07. The molecule has 3 aliphatic rings. The summed E-state index contributed by atoms with van der Waals surface area (Å²) < 4.78 is 21.5. The lowest BCUT2D eigenvalue weighted by molar-refractivity contribution is 0.488. The molecule has 0 spiro atoms. The summed E-state index contributed by atoms with van der Waals surface area (Å²) >= 11 is 0. The molecule has 3 aromatic rings. The molecule has 1 aromatic heterocycles. The fraction of sp³-hybridized carbons (Fsp3) is 0.375. The number of aromatic nitrogens is 1. The van der Waals surface area contributed by atoms with Gasteiger partial charge in [0.15, 0.2) is 0 Å². The van der Waals surface area contributed by atoms with Gasteiger partial charge in [0.1, 0.15) is 5.82 Å². The van der Waals surface area contributed by atoms with Gasteiger partial charge < -0.3 is 15.5 Å². The zero-order chi connectivity index (χ0) is 21.3. The van der Waals surface area contributed by atoms with Crippen molar-refractivity contribution in [3.8, 4) is 0 Å². The molecule has 2 fully saturated rings. The zero-order valence-corrected chi connectivity index (χ0v) is 18.4. The SMILES string of the molecule is Cc1ccc2nc(N3CCS(O)(O)c4ccccc4C3)cc(N3C[C@@H]4[C@@H](N)[C@@H]4C3)c2c1. The van der Waals surface area contributed by atoms with E-state index in [4.69, 9.17) is 10.7 Å². The Morgan fingerprint density at radius 3 is 2.61 bits per heavy atom. The predicted molar refractivity (Wildman–Crippen MR) is 127 cm³/mol. The number of rotatable bonds is 2. The van der Waals surface area contributed by atoms with Crippen molar-refractivity contribution >= 4 is 33.0 Å². The number of hydrogen-bond donors (Lipinski definition) is 3. The highest BCUT2D eigenvalue weighted by Crippen LogP contribution is 2.52. The Bertz CT molecular complexity index is 1170. The molecule has 4 N–H and O–H groups in total. The Morgan fingerprint density at radius 2 is 1.81 bits per heavy atom. The van der Waals surface area contributed by atoms with E-state index in [1.807, 2.05) is 24.3 Å². The van der Waals surface area contributed by atoms with Crippen LogP contribution in [-0.2, 0) is 6.54 Å². The maximum Gasteiger partial charge on any atom is 0.131 e. The summed E-state index contributed by atoms with van der Waals surface area (Å²) in [5.74, 6) is 2.42. The highest BCUT2D eigenvalue weighted by atomic mass is 32.3. The molecule has 1 aliphatic carbocycles. The number of nitrogens with two attached hydrogens (primary N) is 1. The van der Waals surface area contributed by atoms with E-state index < -0.39 is 10.6 Å². The summed E-state index contributed by atoms with van der Waals surface area (Å²) in [6.07, 6.45) is 0. The van der Waals surface area contributed by atoms with Crippen LogP contribution in [0.15, 0.2) is 53.4 Å². The minimum absolute atomic E-state index is 0.315. The van der Waals surface area contributed by atoms with Gasteiger partial charge in [0.25, 0.3) is 0 Å². The average Bonchev–Trinajstić information content (AvgIpc) is 3.18. The molecule has 7 heteroatoms. The fourth-order valence-corrected chi connectivity index (χ4v) is 6.83. The van der Waals surface area contributed by atoms with Gasteiger partial charge in [-0.3, -0.25) is 9.11 Å². The van der Waals surface area contributed by atoms with Gasteiger partial charge in [0, 0.05) is 49.4 Å². The van der Waals surface area contributed by atoms with Crippen LogP contribution in [0.25, 0.3) is 10.9 Å². The normalized spacial score (nSPS) is 27.5. The van der Waals surface area contributed by atoms with Crippen LogP contribution in [0.4, 0.5) is 11.5 Å². The van der Waals surface area contributed by atoms with Gasteiger partial charge >= 0.3 is 0 Å². The molecule has 2 aliphatic heterocycles. The molecule has 0 radical (unpaired) electrons. The van der Waals surface area contributed by atoms with Crippen LogP contribution in [-0.4, -0.2) is 45.5 Å². The molecule has 6 nitrogen and oxygen atoms in total. The van der Waals surface area contributed by atoms with Crippen LogP contribution in [0, 0.1) is 18.8 Å². The monoisotopic (exact) mass is 436 g/mol. The molecule has 0 bridgehead atoms. The number of pyridine rings is 1. The van der Waals surface area contributed by atoms with E-state index >= 15 is 0 Å². The first kappa shape index (κ1) is 19.4. The lowest BCUT2D eigenvalue weighted by Crippen LogP contribution is -2.29. The summed E-state index contributed by atoms with van der Waals surface area (Å²) in [7, 11) is -2.79. The molecule has 6 rings (SSSR count). The highest BCUT2D eigenvalue weighted by molar-refractivity contribution is 8.24. The van der Waals surface area contributed by atoms with E-state index in [0.717, 1.165) is 30.0 Å². The molecule has 0 unspecified atom stereocenters. The molecule has 2 aromatic carbocycles. The topological polar surface area (TPSA) is 85.9 Å². The number of piperidine rings is 1. The molecule has 3 heterocycles. The van der Waals surface area contributed by atoms with Gasteiger partial charge in [-0.15, -0.1) is 0 Å². The number of anilines is 2. The minimum Gasteiger partial charge on any atom is -0.370 e. The van der Waals surface area contributed by atoms with Crippen molar-refractivity contribution in [2.75, 3.05) is 35.2 Å². The van der Waals surface area contributed by atoms with Gasteiger partial charge in [0.2, 0.25) is 0 Å². The number of nitrogens with zero attached hydrogens (tertiary/aromatic N) is 3. The van der Waals surface area contributed by atoms with Crippen molar-refractivity contribution in [1.29, 1.82) is 0 Å². The summed E-state index contributed by atoms with van der Waals surface area (Å²) in [4.78, 5) is 10.3. The second-order valence-electron chi connectivity index (χ2n) is 9.23. The Kier molecular flexibility index (Phi) is 4.27. The van der Waals surface area contributed by atoms with Crippen LogP contribution in [0.2, 0.25) is 0 Å². The molecule has 0 amide bonds. The zero-order valence-electron chi connectivity index (χ0n) is 17.6. The van der Waals surface area contributed by atoms with Crippen LogP contribution in [0.3, 0.4) is 0 Å². The lowest BCUT2D eigenvalue weighted by atomic mass is 10.1. The second kappa shape index (κ2) is 6.84. The maximum absolute atomic E-state index is 10.7. The van der Waals surface area contributed by atoms with E-state index in [2.05, 4.69) is 41.0 Å². The van der Waals surface area contributed by atoms with Gasteiger partial charge in [-0.1, -0.05) is 29.8 Å². The summed E-state index contributed by atoms with van der Waals surface area (Å²) in [5, 5.41) is 1.18. The quantitative estimate of drug-likeness (QED) is 0.562. The summed E-state index contributed by atoms with van der Waals surface area (Å²) in [6.45, 7) is 5.29. The molecule has 1 saturated heterocycles. The number of benzene rings is 2. The molecular formula is C24H28N4O2S. The first-order chi connectivity index (χ1) is 14.9. The number of fused-ring (bicyclic) bond motifs is 3. The summed E-state index contributed by atoms with van der Waals surface area (Å²) in [5.41, 5.74) is 10.6. The van der Waals surface area contributed by atoms with Crippen molar-refractivity contribution in [1.82, 2.24) is 4.98 Å². The third kappa shape index (κ3) is 3.19. The fourth-order valence-electron chi connectivity index (χ4n) is 5.28. The Morgan fingerprint density at radius 1 is 1.03 bits per heavy atom. The van der Waals surface area contributed by atoms with Crippen molar-refractivity contribution in [2.24, 2.45) is 17.6 Å². The molecular weight excluding hydrogens is 408 g/mol. The van der Waals surface area contributed by atoms with Gasteiger partial charge in [-0.05, 0) is 42.5 Å². The van der Waals surface area contributed by atoms with E-state index in [1.54, 1.807) is 0 Å². The van der Waals surface area contributed by atoms with Crippen LogP contribution >= 0.6 is 10.6 Å². The summed E-state index contributed by atoms with van der Waals surface area (Å²) in [6, 6.07) is 16.6. The van der Waals surface area contributed by atoms with E-state index in [1.165, 1.54) is 16.6 Å². The Hall–Kier alpha value is -2.32. The smallest absolute Gasteiger partial charge is 0.131 e. The molecule has 1 saturated carbocycles. The maximum atomic E-state index is 10.7. The van der Waals surface area contributed by atoms with E-state index in [-0.39, 0.29) is 0 Å². The standard InChI is InChI=1S/C24H28N4O2S/c1-15-6-7-20-17(10-15)21(28-13-18-19(14-28)24(18)25)11-23(26-20)27-8-9-31(29,30)22-5-3-2-4-16(22)12-27/h2-7,10-11,18-19,24,29-30H,8-9,12-14,25H2,1H3/t18-,19+,24+. The molecule has 162 valence electrons. The lowest BCUT2D eigenvalue weighted by Gasteiger charge is -2.32. The number of hydrogen-bond acceptors (Lipinski definition) is 6. The average molecular weight is 437 g/mol. The van der Waals surface area contributed by atoms with Gasteiger partial charge in [-0.25, -0.2) is 4.98 Å². The van der Waals surface area contributed by atoms with Crippen LogP contribution < -0.4 is 15.5 Å². The second-order valence-corrected chi connectivity index (χ2v) is 11.4. The van der Waals surface area contributed by atoms with Gasteiger partial charge in [0.05, 0.1) is 16.2 Å². The molecule has 3 atom stereocenters. The van der Waals surface area contributed by atoms with E-state index in [0.29, 0.717) is 41.6 Å². The highest BCUT2D eigenvalue weighted by Gasteiger charge is 2.53. The van der Waals surface area contributed by atoms with Crippen molar-refractivity contribution in [2.45, 2.75) is 24.4 Å². The van der Waals surface area contributed by atoms with Gasteiger partial charge in [-0.2, -0.15) is 10.6 Å². The van der Waals surface area contributed by atoms with Crippen molar-refractivity contribution in [3.63, 3.8) is 0 Å².